The fourth-order valence-corrected chi connectivity index (χ4v) is 5.00. The van der Waals surface area contributed by atoms with Gasteiger partial charge in [-0.15, -0.1) is 37.1 Å². The molecule has 160 valence electrons. The van der Waals surface area contributed by atoms with Crippen molar-refractivity contribution in [1.82, 2.24) is 0 Å². The Kier molecular flexibility index (Phi) is 12.1. The summed E-state index contributed by atoms with van der Waals surface area (Å²) in [5.74, 6) is 0. The first-order valence-corrected chi connectivity index (χ1v) is 10.7. The maximum atomic E-state index is 3.00. The molecule has 0 nitrogen and oxygen atoms in total. The summed E-state index contributed by atoms with van der Waals surface area (Å²) in [6.07, 6.45) is 15.1. The third-order valence-electron chi connectivity index (χ3n) is 6.27. The van der Waals surface area contributed by atoms with Gasteiger partial charge < -0.3 is 24.8 Å². The van der Waals surface area contributed by atoms with E-state index in [1.807, 2.05) is 0 Å². The molecule has 2 aromatic carbocycles. The van der Waals surface area contributed by atoms with Crippen LogP contribution in [0.3, 0.4) is 0 Å². The Morgan fingerprint density at radius 2 is 1.00 bits per heavy atom. The van der Waals surface area contributed by atoms with Gasteiger partial charge in [0, 0.05) is 0 Å². The molecule has 0 unspecified atom stereocenters. The Morgan fingerprint density at radius 3 is 1.42 bits per heavy atom. The van der Waals surface area contributed by atoms with Crippen LogP contribution in [0.2, 0.25) is 0 Å². The Morgan fingerprint density at radius 1 is 0.613 bits per heavy atom. The standard InChI is InChI=1S/2C13H13.C2H4.2ClH.Zr/c2*1-3-7-12-10(5-1)9-11-6-2-4-8-13(11)12;1-2;;;/h2*1,3,5-7H,2,4,8-9H2;1-2H2;2*1H;/q2*-1;;;;+4/p-2. The van der Waals surface area contributed by atoms with E-state index in [-0.39, 0.29) is 51.0 Å². The van der Waals surface area contributed by atoms with Crippen LogP contribution in [0.1, 0.15) is 60.8 Å². The van der Waals surface area contributed by atoms with Crippen LogP contribution in [0.4, 0.5) is 0 Å². The van der Waals surface area contributed by atoms with Crippen molar-refractivity contribution >= 4 is 11.1 Å². The van der Waals surface area contributed by atoms with Crippen molar-refractivity contribution in [3.63, 3.8) is 0 Å². The number of hydrogen-bond donors (Lipinski definition) is 0. The molecule has 0 spiro atoms. The summed E-state index contributed by atoms with van der Waals surface area (Å²) >= 11 is 0. The smallest absolute Gasteiger partial charge is 1.00 e. The van der Waals surface area contributed by atoms with E-state index in [0.29, 0.717) is 0 Å². The van der Waals surface area contributed by atoms with E-state index in [4.69, 9.17) is 0 Å². The summed E-state index contributed by atoms with van der Waals surface area (Å²) in [6, 6.07) is 17.7. The quantitative estimate of drug-likeness (QED) is 0.360. The fraction of sp³-hybridized carbons (Fsp3) is 0.286. The number of fused-ring (bicyclic) bond motifs is 4. The summed E-state index contributed by atoms with van der Waals surface area (Å²) in [4.78, 5) is 0. The van der Waals surface area contributed by atoms with Gasteiger partial charge in [-0.25, -0.2) is 24.0 Å². The summed E-state index contributed by atoms with van der Waals surface area (Å²) < 4.78 is 0. The van der Waals surface area contributed by atoms with Gasteiger partial charge in [0.25, 0.3) is 0 Å². The first-order valence-electron chi connectivity index (χ1n) is 10.7. The van der Waals surface area contributed by atoms with E-state index in [9.17, 15) is 0 Å². The summed E-state index contributed by atoms with van der Waals surface area (Å²) in [6.45, 7) is 6.00. The minimum atomic E-state index is 0. The van der Waals surface area contributed by atoms with Crippen LogP contribution in [-0.2, 0) is 39.0 Å². The maximum Gasteiger partial charge on any atom is 4.00 e. The van der Waals surface area contributed by atoms with Gasteiger partial charge in [-0.2, -0.15) is 11.1 Å². The molecule has 0 aromatic heterocycles. The number of benzene rings is 2. The number of rotatable bonds is 0. The van der Waals surface area contributed by atoms with Gasteiger partial charge in [-0.1, -0.05) is 85.3 Å². The van der Waals surface area contributed by atoms with Crippen molar-refractivity contribution in [3.8, 4) is 0 Å². The molecule has 0 aliphatic heterocycles. The second kappa shape index (κ2) is 13.4. The molecule has 3 heteroatoms. The van der Waals surface area contributed by atoms with Crippen molar-refractivity contribution in [2.24, 2.45) is 0 Å². The number of hydrogen-bond acceptors (Lipinski definition) is 0. The maximum absolute atomic E-state index is 3.00. The van der Waals surface area contributed by atoms with Crippen molar-refractivity contribution in [2.45, 2.75) is 51.4 Å². The largest absolute Gasteiger partial charge is 4.00 e. The Hall–Kier alpha value is -1.14. The molecule has 4 aliphatic rings. The van der Waals surface area contributed by atoms with E-state index < -0.39 is 0 Å². The fourth-order valence-electron chi connectivity index (χ4n) is 5.00. The minimum absolute atomic E-state index is 0. The van der Waals surface area contributed by atoms with Crippen molar-refractivity contribution in [1.29, 1.82) is 0 Å². The molecule has 0 fully saturated rings. The van der Waals surface area contributed by atoms with Crippen LogP contribution in [0.5, 0.6) is 0 Å². The van der Waals surface area contributed by atoms with Crippen LogP contribution in [0.25, 0.3) is 11.1 Å². The van der Waals surface area contributed by atoms with E-state index in [1.165, 1.54) is 73.6 Å². The Labute approximate surface area is 220 Å². The van der Waals surface area contributed by atoms with Gasteiger partial charge in [0.05, 0.1) is 0 Å². The zero-order valence-electron chi connectivity index (χ0n) is 18.1. The third-order valence-corrected chi connectivity index (χ3v) is 6.27. The van der Waals surface area contributed by atoms with Crippen molar-refractivity contribution < 1.29 is 51.0 Å². The molecule has 0 saturated carbocycles. The molecule has 2 aromatic rings. The zero-order chi connectivity index (χ0) is 19.3. The molecule has 6 rings (SSSR count). The van der Waals surface area contributed by atoms with Crippen LogP contribution in [0, 0.1) is 12.8 Å². The van der Waals surface area contributed by atoms with Crippen molar-refractivity contribution in [2.75, 3.05) is 0 Å². The van der Waals surface area contributed by atoms with Crippen LogP contribution in [-0.4, -0.2) is 0 Å². The van der Waals surface area contributed by atoms with Crippen LogP contribution in [0.15, 0.2) is 72.8 Å². The second-order valence-electron chi connectivity index (χ2n) is 7.87. The molecule has 0 saturated heterocycles. The second-order valence-corrected chi connectivity index (χ2v) is 7.87. The summed E-state index contributed by atoms with van der Waals surface area (Å²) in [5.41, 5.74) is 12.6. The Bertz CT molecular complexity index is 851. The molecule has 31 heavy (non-hydrogen) atoms. The topological polar surface area (TPSA) is 0 Å². The van der Waals surface area contributed by atoms with Gasteiger partial charge in [-0.3, -0.25) is 0 Å². The molecule has 0 bridgehead atoms. The normalized spacial score (nSPS) is 16.4. The predicted octanol–water partition coefficient (Wildman–Crippen LogP) is 1.58. The third kappa shape index (κ3) is 6.01. The number of halogens is 2. The average molecular weight is 529 g/mol. The summed E-state index contributed by atoms with van der Waals surface area (Å²) in [5, 5.41) is 0. The molecule has 0 N–H and O–H groups in total. The molecule has 0 amide bonds. The van der Waals surface area contributed by atoms with Crippen LogP contribution >= 0.6 is 0 Å². The average Bonchev–Trinajstić information content (AvgIpc) is 3.34. The van der Waals surface area contributed by atoms with E-state index >= 15 is 0 Å². The zero-order valence-corrected chi connectivity index (χ0v) is 22.1. The van der Waals surface area contributed by atoms with E-state index in [0.717, 1.165) is 0 Å². The molecule has 0 atom stereocenters. The first kappa shape index (κ1) is 27.9. The van der Waals surface area contributed by atoms with Gasteiger partial charge in [0.1, 0.15) is 0 Å². The van der Waals surface area contributed by atoms with Gasteiger partial charge in [0.15, 0.2) is 0 Å². The molecular formula is C28H30Cl2Zr. The van der Waals surface area contributed by atoms with Crippen molar-refractivity contribution in [3.05, 3.63) is 108 Å². The predicted molar refractivity (Wildman–Crippen MR) is 122 cm³/mol. The Balaban J connectivity index is 0.000000264. The molecule has 0 heterocycles. The number of allylic oxidation sites excluding steroid dienone is 4. The SMILES string of the molecule is C=C.[Cl-].[Cl-].[Zr+4].c1ccc2c(c1)CC1=C2CCC[CH-]1.c1ccc2c(c1)CC1=C2CCC[CH-]1. The van der Waals surface area contributed by atoms with Gasteiger partial charge in [-0.05, 0) is 12.8 Å². The first-order chi connectivity index (χ1) is 13.9. The van der Waals surface area contributed by atoms with Gasteiger partial charge >= 0.3 is 26.2 Å². The molecular weight excluding hydrogens is 498 g/mol. The van der Waals surface area contributed by atoms with E-state index in [2.05, 4.69) is 74.5 Å². The van der Waals surface area contributed by atoms with Gasteiger partial charge in [0.2, 0.25) is 0 Å². The summed E-state index contributed by atoms with van der Waals surface area (Å²) in [7, 11) is 0. The minimum Gasteiger partial charge on any atom is -1.00 e. The van der Waals surface area contributed by atoms with E-state index in [1.54, 1.807) is 22.3 Å². The monoisotopic (exact) mass is 526 g/mol. The molecule has 0 radical (unpaired) electrons. The molecule has 4 aliphatic carbocycles. The van der Waals surface area contributed by atoms with Crippen LogP contribution < -0.4 is 24.8 Å².